The van der Waals surface area contributed by atoms with E-state index >= 15 is 0 Å². The minimum atomic E-state index is -0.389. The van der Waals surface area contributed by atoms with Crippen LogP contribution in [0.4, 0.5) is 5.95 Å². The fourth-order valence-electron chi connectivity index (χ4n) is 2.71. The van der Waals surface area contributed by atoms with Crippen LogP contribution in [0, 0.1) is 11.8 Å². The molecule has 132 valence electrons. The third-order valence-corrected chi connectivity index (χ3v) is 4.85. The molecule has 25 heavy (non-hydrogen) atoms. The minimum Gasteiger partial charge on any atom is -0.370 e. The van der Waals surface area contributed by atoms with Gasteiger partial charge in [-0.15, -0.1) is 0 Å². The summed E-state index contributed by atoms with van der Waals surface area (Å²) < 4.78 is 12.1. The summed E-state index contributed by atoms with van der Waals surface area (Å²) in [6, 6.07) is 5.31. The van der Waals surface area contributed by atoms with Crippen molar-refractivity contribution in [1.82, 2.24) is 9.97 Å². The summed E-state index contributed by atoms with van der Waals surface area (Å²) in [4.78, 5) is 18.6. The predicted molar refractivity (Wildman–Crippen MR) is 97.3 cm³/mol. The van der Waals surface area contributed by atoms with E-state index in [-0.39, 0.29) is 28.8 Å². The van der Waals surface area contributed by atoms with Crippen molar-refractivity contribution in [2.24, 2.45) is 0 Å². The van der Waals surface area contributed by atoms with Gasteiger partial charge < -0.3 is 15.2 Å². The average Bonchev–Trinajstić information content (AvgIpc) is 2.51. The molecular weight excluding hydrogens is 318 g/mol. The van der Waals surface area contributed by atoms with E-state index in [2.05, 4.69) is 21.8 Å². The van der Waals surface area contributed by atoms with Gasteiger partial charge in [0.15, 0.2) is 0 Å². The highest BCUT2D eigenvalue weighted by atomic mass is 16.6. The van der Waals surface area contributed by atoms with E-state index in [0.717, 1.165) is 0 Å². The van der Waals surface area contributed by atoms with Crippen LogP contribution in [0.25, 0.3) is 10.9 Å². The number of aromatic nitrogens is 2. The van der Waals surface area contributed by atoms with Crippen LogP contribution in [0.5, 0.6) is 0 Å². The summed E-state index contributed by atoms with van der Waals surface area (Å²) >= 11 is 0. The molecule has 6 nitrogen and oxygen atoms in total. The van der Waals surface area contributed by atoms with Crippen molar-refractivity contribution in [1.29, 1.82) is 0 Å². The Balaban J connectivity index is 1.82. The van der Waals surface area contributed by atoms with Crippen molar-refractivity contribution >= 4 is 16.9 Å². The normalized spacial score (nSPS) is 21.5. The third-order valence-electron chi connectivity index (χ3n) is 4.85. The van der Waals surface area contributed by atoms with Crippen LogP contribution in [-0.2, 0) is 9.47 Å². The number of aromatic amines is 1. The molecule has 2 heterocycles. The average molecular weight is 341 g/mol. The summed E-state index contributed by atoms with van der Waals surface area (Å²) in [6.45, 7) is 8.61. The molecule has 1 fully saturated rings. The molecule has 0 radical (unpaired) electrons. The maximum absolute atomic E-state index is 11.9. The summed E-state index contributed by atoms with van der Waals surface area (Å²) in [5.74, 6) is 6.28. The Morgan fingerprint density at radius 2 is 2.08 bits per heavy atom. The Hall–Kier alpha value is -2.36. The highest BCUT2D eigenvalue weighted by Crippen LogP contribution is 2.35. The second kappa shape index (κ2) is 6.17. The molecule has 1 aromatic carbocycles. The summed E-state index contributed by atoms with van der Waals surface area (Å²) in [5, 5.41) is 0.473. The maximum atomic E-state index is 11.9. The molecule has 0 amide bonds. The van der Waals surface area contributed by atoms with Gasteiger partial charge in [0.05, 0.1) is 40.4 Å². The fraction of sp³-hybridized carbons (Fsp3) is 0.474. The van der Waals surface area contributed by atoms with E-state index in [1.54, 1.807) is 12.1 Å². The van der Waals surface area contributed by atoms with Gasteiger partial charge >= 0.3 is 0 Å². The van der Waals surface area contributed by atoms with Crippen LogP contribution in [0.3, 0.4) is 0 Å². The van der Waals surface area contributed by atoms with Gasteiger partial charge in [0.1, 0.15) is 0 Å². The van der Waals surface area contributed by atoms with Crippen molar-refractivity contribution < 1.29 is 9.47 Å². The minimum absolute atomic E-state index is 0.0831. The molecule has 1 atom stereocenters. The van der Waals surface area contributed by atoms with Crippen LogP contribution in [0.15, 0.2) is 23.0 Å². The Labute approximate surface area is 146 Å². The number of hydrogen-bond donors (Lipinski definition) is 2. The van der Waals surface area contributed by atoms with Crippen molar-refractivity contribution in [2.75, 3.05) is 12.3 Å². The number of nitrogens with two attached hydrogens (primary N) is 1. The molecule has 0 aliphatic carbocycles. The lowest BCUT2D eigenvalue weighted by Crippen LogP contribution is -2.56. The number of benzene rings is 1. The van der Waals surface area contributed by atoms with Gasteiger partial charge in [-0.25, -0.2) is 4.98 Å². The first kappa shape index (κ1) is 17.5. The molecule has 1 saturated heterocycles. The number of H-pyrrole nitrogens is 1. The topological polar surface area (TPSA) is 90.2 Å². The van der Waals surface area contributed by atoms with Crippen LogP contribution in [0.2, 0.25) is 0 Å². The zero-order valence-electron chi connectivity index (χ0n) is 15.0. The maximum Gasteiger partial charge on any atom is 0.260 e. The molecule has 3 rings (SSSR count). The molecule has 3 N–H and O–H groups in total. The number of nitrogen functional groups attached to an aromatic ring is 1. The first-order valence-corrected chi connectivity index (χ1v) is 8.29. The van der Waals surface area contributed by atoms with E-state index in [9.17, 15) is 4.79 Å². The van der Waals surface area contributed by atoms with E-state index in [1.807, 2.05) is 33.8 Å². The summed E-state index contributed by atoms with van der Waals surface area (Å²) in [6.07, 6.45) is 0.445. The molecule has 0 bridgehead atoms. The van der Waals surface area contributed by atoms with Gasteiger partial charge in [0, 0.05) is 6.42 Å². The SMILES string of the molecule is CC1(C)OCC(CC#Cc2cccc3c(=O)[nH]c(N)nc23)OC1(C)C. The van der Waals surface area contributed by atoms with Crippen LogP contribution < -0.4 is 11.3 Å². The third kappa shape index (κ3) is 3.39. The molecule has 0 saturated carbocycles. The molecule has 2 aromatic rings. The first-order valence-electron chi connectivity index (χ1n) is 8.29. The lowest BCUT2D eigenvalue weighted by Gasteiger charge is -2.47. The Kier molecular flexibility index (Phi) is 4.31. The number of nitrogens with one attached hydrogen (secondary N) is 1. The van der Waals surface area contributed by atoms with Crippen molar-refractivity contribution in [3.8, 4) is 11.8 Å². The number of anilines is 1. The molecule has 1 aliphatic heterocycles. The van der Waals surface area contributed by atoms with E-state index in [4.69, 9.17) is 15.2 Å². The van der Waals surface area contributed by atoms with Gasteiger partial charge in [0.25, 0.3) is 5.56 Å². The standard InChI is InChI=1S/C19H23N3O3/c1-18(2)19(3,4)25-13(11-24-18)9-5-7-12-8-6-10-14-15(12)21-17(20)22-16(14)23/h6,8,10,13H,9,11H2,1-4H3,(H3,20,21,22,23). The molecule has 1 aliphatic rings. The molecule has 6 heteroatoms. The van der Waals surface area contributed by atoms with Gasteiger partial charge in [-0.05, 0) is 39.8 Å². The lowest BCUT2D eigenvalue weighted by atomic mass is 9.87. The monoisotopic (exact) mass is 341 g/mol. The first-order chi connectivity index (χ1) is 11.7. The van der Waals surface area contributed by atoms with Crippen molar-refractivity contribution in [3.05, 3.63) is 34.1 Å². The Bertz CT molecular complexity index is 919. The van der Waals surface area contributed by atoms with Crippen LogP contribution in [-0.4, -0.2) is 33.9 Å². The fourth-order valence-corrected chi connectivity index (χ4v) is 2.71. The largest absolute Gasteiger partial charge is 0.370 e. The molecule has 1 aromatic heterocycles. The number of nitrogens with zero attached hydrogens (tertiary/aromatic N) is 1. The number of fused-ring (bicyclic) bond motifs is 1. The van der Waals surface area contributed by atoms with E-state index < -0.39 is 0 Å². The highest BCUT2D eigenvalue weighted by Gasteiger charge is 2.44. The predicted octanol–water partition coefficient (Wildman–Crippen LogP) is 2.22. The number of ether oxygens (including phenoxy) is 2. The van der Waals surface area contributed by atoms with Gasteiger partial charge in [-0.1, -0.05) is 17.9 Å². The lowest BCUT2D eigenvalue weighted by molar-refractivity contribution is -0.260. The van der Waals surface area contributed by atoms with Crippen LogP contribution >= 0.6 is 0 Å². The van der Waals surface area contributed by atoms with E-state index in [1.165, 1.54) is 0 Å². The second-order valence-electron chi connectivity index (χ2n) is 7.23. The number of hydrogen-bond acceptors (Lipinski definition) is 5. The quantitative estimate of drug-likeness (QED) is 0.776. The van der Waals surface area contributed by atoms with Crippen LogP contribution in [0.1, 0.15) is 39.7 Å². The summed E-state index contributed by atoms with van der Waals surface area (Å²) in [5.41, 5.74) is 5.84. The molecule has 0 spiro atoms. The van der Waals surface area contributed by atoms with Crippen molar-refractivity contribution in [3.63, 3.8) is 0 Å². The molecule has 1 unspecified atom stereocenters. The van der Waals surface area contributed by atoms with Gasteiger partial charge in [-0.2, -0.15) is 0 Å². The second-order valence-corrected chi connectivity index (χ2v) is 7.23. The van der Waals surface area contributed by atoms with Gasteiger partial charge in [-0.3, -0.25) is 9.78 Å². The van der Waals surface area contributed by atoms with Crippen molar-refractivity contribution in [2.45, 2.75) is 51.4 Å². The Morgan fingerprint density at radius 1 is 1.32 bits per heavy atom. The smallest absolute Gasteiger partial charge is 0.260 e. The zero-order valence-corrected chi connectivity index (χ0v) is 15.0. The zero-order chi connectivity index (χ0) is 18.2. The number of para-hydroxylation sites is 1. The Morgan fingerprint density at radius 3 is 2.80 bits per heavy atom. The number of rotatable bonds is 1. The highest BCUT2D eigenvalue weighted by molar-refractivity contribution is 5.84. The van der Waals surface area contributed by atoms with Gasteiger partial charge in [0.2, 0.25) is 5.95 Å². The summed E-state index contributed by atoms with van der Waals surface area (Å²) in [7, 11) is 0. The van der Waals surface area contributed by atoms with E-state index in [0.29, 0.717) is 29.5 Å². The molecular formula is C19H23N3O3.